The summed E-state index contributed by atoms with van der Waals surface area (Å²) in [5, 5.41) is 3.81. The van der Waals surface area contributed by atoms with E-state index >= 15 is 0 Å². The van der Waals surface area contributed by atoms with E-state index in [1.54, 1.807) is 29.4 Å². The number of nitrogens with one attached hydrogen (secondary N) is 1. The zero-order chi connectivity index (χ0) is 16.5. The maximum absolute atomic E-state index is 12.6. The van der Waals surface area contributed by atoms with E-state index in [9.17, 15) is 4.79 Å². The highest BCUT2D eigenvalue weighted by atomic mass is 35.5. The first kappa shape index (κ1) is 14.8. The fourth-order valence-corrected chi connectivity index (χ4v) is 3.01. The van der Waals surface area contributed by atoms with Crippen LogP contribution in [0.4, 0.5) is 11.5 Å². The molecule has 1 aliphatic rings. The minimum atomic E-state index is -0.314. The second-order valence-electron chi connectivity index (χ2n) is 5.55. The van der Waals surface area contributed by atoms with Gasteiger partial charge in [0.2, 0.25) is 5.91 Å². The van der Waals surface area contributed by atoms with Gasteiger partial charge in [0.25, 0.3) is 0 Å². The molecule has 4 rings (SSSR count). The second kappa shape index (κ2) is 6.05. The number of benzene rings is 1. The lowest BCUT2D eigenvalue weighted by Crippen LogP contribution is -2.33. The summed E-state index contributed by atoms with van der Waals surface area (Å²) in [6.07, 6.45) is 3.92. The van der Waals surface area contributed by atoms with E-state index < -0.39 is 0 Å². The Morgan fingerprint density at radius 3 is 2.92 bits per heavy atom. The van der Waals surface area contributed by atoms with E-state index in [-0.39, 0.29) is 11.9 Å². The number of amides is 1. The number of hydrogen-bond donors (Lipinski definition) is 1. The Bertz CT molecular complexity index is 916. The lowest BCUT2D eigenvalue weighted by molar-refractivity contribution is -0.117. The van der Waals surface area contributed by atoms with Crippen molar-refractivity contribution in [2.45, 2.75) is 12.5 Å². The van der Waals surface area contributed by atoms with Crippen LogP contribution in [-0.4, -0.2) is 33.4 Å². The first-order chi connectivity index (χ1) is 11.7. The molecule has 1 saturated heterocycles. The van der Waals surface area contributed by atoms with Crippen molar-refractivity contribution in [3.63, 3.8) is 0 Å². The SMILES string of the molecule is O=C1C(Nc2ccc3nccnc3n2)CCN1c1cccc(Cl)c1. The standard InChI is InChI=1S/C17H14ClN5O/c18-11-2-1-3-12(10-11)23-9-6-14(17(23)24)21-15-5-4-13-16(22-15)20-8-7-19-13/h1-5,7-8,10,14H,6,9H2,(H,20,21,22). The monoisotopic (exact) mass is 339 g/mol. The van der Waals surface area contributed by atoms with Crippen molar-refractivity contribution >= 4 is 40.2 Å². The number of halogens is 1. The predicted molar refractivity (Wildman–Crippen MR) is 93.2 cm³/mol. The van der Waals surface area contributed by atoms with Gasteiger partial charge in [0.1, 0.15) is 17.4 Å². The van der Waals surface area contributed by atoms with Crippen molar-refractivity contribution in [3.8, 4) is 0 Å². The Morgan fingerprint density at radius 1 is 1.17 bits per heavy atom. The fourth-order valence-electron chi connectivity index (χ4n) is 2.83. The van der Waals surface area contributed by atoms with Crippen LogP contribution >= 0.6 is 11.6 Å². The van der Waals surface area contributed by atoms with Gasteiger partial charge in [0, 0.05) is 29.6 Å². The zero-order valence-corrected chi connectivity index (χ0v) is 13.4. The number of anilines is 2. The molecule has 1 N–H and O–H groups in total. The molecule has 0 bridgehead atoms. The topological polar surface area (TPSA) is 71.0 Å². The summed E-state index contributed by atoms with van der Waals surface area (Å²) in [7, 11) is 0. The Hall–Kier alpha value is -2.73. The number of carbonyl (C=O) groups is 1. The summed E-state index contributed by atoms with van der Waals surface area (Å²) in [6.45, 7) is 0.643. The maximum Gasteiger partial charge on any atom is 0.249 e. The second-order valence-corrected chi connectivity index (χ2v) is 5.99. The third-order valence-corrected chi connectivity index (χ3v) is 4.21. The molecular formula is C17H14ClN5O. The Morgan fingerprint density at radius 2 is 2.04 bits per heavy atom. The zero-order valence-electron chi connectivity index (χ0n) is 12.7. The molecule has 6 nitrogen and oxygen atoms in total. The van der Waals surface area contributed by atoms with Crippen LogP contribution in [0, 0.1) is 0 Å². The molecule has 1 unspecified atom stereocenters. The smallest absolute Gasteiger partial charge is 0.249 e. The van der Waals surface area contributed by atoms with Gasteiger partial charge >= 0.3 is 0 Å². The van der Waals surface area contributed by atoms with Crippen LogP contribution in [0.3, 0.4) is 0 Å². The Labute approximate surface area is 143 Å². The number of pyridine rings is 1. The number of nitrogens with zero attached hydrogens (tertiary/aromatic N) is 4. The molecule has 1 atom stereocenters. The van der Waals surface area contributed by atoms with Gasteiger partial charge in [-0.15, -0.1) is 0 Å². The molecule has 0 radical (unpaired) electrons. The summed E-state index contributed by atoms with van der Waals surface area (Å²) < 4.78 is 0. The molecule has 120 valence electrons. The van der Waals surface area contributed by atoms with Crippen molar-refractivity contribution in [3.05, 3.63) is 53.8 Å². The lowest BCUT2D eigenvalue weighted by Gasteiger charge is -2.17. The third-order valence-electron chi connectivity index (χ3n) is 3.98. The van der Waals surface area contributed by atoms with Gasteiger partial charge in [-0.2, -0.15) is 0 Å². The summed E-state index contributed by atoms with van der Waals surface area (Å²) >= 11 is 6.02. The molecule has 1 amide bonds. The minimum Gasteiger partial charge on any atom is -0.358 e. The van der Waals surface area contributed by atoms with E-state index in [1.165, 1.54) is 0 Å². The van der Waals surface area contributed by atoms with Crippen LogP contribution in [0.2, 0.25) is 5.02 Å². The summed E-state index contributed by atoms with van der Waals surface area (Å²) in [5.74, 6) is 0.632. The largest absolute Gasteiger partial charge is 0.358 e. The summed E-state index contributed by atoms with van der Waals surface area (Å²) in [4.78, 5) is 27.2. The molecule has 24 heavy (non-hydrogen) atoms. The molecule has 3 aromatic rings. The maximum atomic E-state index is 12.6. The van der Waals surface area contributed by atoms with Crippen LogP contribution in [0.1, 0.15) is 6.42 Å². The highest BCUT2D eigenvalue weighted by Crippen LogP contribution is 2.25. The first-order valence-corrected chi connectivity index (χ1v) is 8.00. The molecule has 0 saturated carbocycles. The highest BCUT2D eigenvalue weighted by molar-refractivity contribution is 6.31. The number of rotatable bonds is 3. The van der Waals surface area contributed by atoms with Crippen LogP contribution in [0.5, 0.6) is 0 Å². The summed E-state index contributed by atoms with van der Waals surface area (Å²) in [5.41, 5.74) is 2.09. The highest BCUT2D eigenvalue weighted by Gasteiger charge is 2.32. The minimum absolute atomic E-state index is 0.0123. The van der Waals surface area contributed by atoms with Gasteiger partial charge < -0.3 is 10.2 Å². The third kappa shape index (κ3) is 2.76. The number of carbonyl (C=O) groups excluding carboxylic acids is 1. The Balaban J connectivity index is 1.53. The summed E-state index contributed by atoms with van der Waals surface area (Å²) in [6, 6.07) is 10.7. The van der Waals surface area contributed by atoms with E-state index in [4.69, 9.17) is 11.6 Å². The number of hydrogen-bond acceptors (Lipinski definition) is 5. The molecule has 1 aliphatic heterocycles. The van der Waals surface area contributed by atoms with Crippen molar-refractivity contribution in [1.82, 2.24) is 15.0 Å². The van der Waals surface area contributed by atoms with Gasteiger partial charge in [-0.25, -0.2) is 9.97 Å². The van der Waals surface area contributed by atoms with Crippen LogP contribution in [0.15, 0.2) is 48.8 Å². The molecule has 1 fully saturated rings. The molecular weight excluding hydrogens is 326 g/mol. The van der Waals surface area contributed by atoms with Crippen LogP contribution in [0.25, 0.3) is 11.2 Å². The molecule has 3 heterocycles. The van der Waals surface area contributed by atoms with Gasteiger partial charge in [-0.3, -0.25) is 9.78 Å². The van der Waals surface area contributed by atoms with E-state index in [0.29, 0.717) is 29.5 Å². The van der Waals surface area contributed by atoms with E-state index in [0.717, 1.165) is 11.2 Å². The van der Waals surface area contributed by atoms with E-state index in [1.807, 2.05) is 24.3 Å². The van der Waals surface area contributed by atoms with E-state index in [2.05, 4.69) is 20.3 Å². The normalized spacial score (nSPS) is 17.5. The molecule has 2 aromatic heterocycles. The van der Waals surface area contributed by atoms with Crippen molar-refractivity contribution in [2.24, 2.45) is 0 Å². The Kier molecular flexibility index (Phi) is 3.74. The molecule has 0 aliphatic carbocycles. The predicted octanol–water partition coefficient (Wildman–Crippen LogP) is 2.90. The number of aromatic nitrogens is 3. The average Bonchev–Trinajstić information content (AvgIpc) is 2.95. The van der Waals surface area contributed by atoms with Gasteiger partial charge in [-0.1, -0.05) is 17.7 Å². The molecule has 0 spiro atoms. The average molecular weight is 340 g/mol. The molecule has 7 heteroatoms. The van der Waals surface area contributed by atoms with Gasteiger partial charge in [-0.05, 0) is 36.8 Å². The first-order valence-electron chi connectivity index (χ1n) is 7.62. The van der Waals surface area contributed by atoms with Crippen LogP contribution in [-0.2, 0) is 4.79 Å². The van der Waals surface area contributed by atoms with Gasteiger partial charge in [0.05, 0.1) is 0 Å². The number of fused-ring (bicyclic) bond motifs is 1. The van der Waals surface area contributed by atoms with Crippen LogP contribution < -0.4 is 10.2 Å². The lowest BCUT2D eigenvalue weighted by atomic mass is 10.2. The fraction of sp³-hybridized carbons (Fsp3) is 0.176. The quantitative estimate of drug-likeness (QED) is 0.794. The van der Waals surface area contributed by atoms with Crippen molar-refractivity contribution in [2.75, 3.05) is 16.8 Å². The molecule has 1 aromatic carbocycles. The van der Waals surface area contributed by atoms with Crippen molar-refractivity contribution in [1.29, 1.82) is 0 Å². The van der Waals surface area contributed by atoms with Crippen molar-refractivity contribution < 1.29 is 4.79 Å². The van der Waals surface area contributed by atoms with Gasteiger partial charge in [0.15, 0.2) is 5.65 Å².